The van der Waals surface area contributed by atoms with E-state index in [4.69, 9.17) is 11.6 Å². The molecular formula is C15H17ClN3O3+. The second-order valence-electron chi connectivity index (χ2n) is 5.60. The number of piperazine rings is 1. The lowest BCUT2D eigenvalue weighted by Crippen LogP contribution is -3.19. The highest BCUT2D eigenvalue weighted by molar-refractivity contribution is 6.31. The zero-order valence-corrected chi connectivity index (χ0v) is 12.8. The molecule has 22 heavy (non-hydrogen) atoms. The molecule has 1 atom stereocenters. The molecule has 2 fully saturated rings. The molecule has 0 spiro atoms. The van der Waals surface area contributed by atoms with Crippen molar-refractivity contribution >= 4 is 35.5 Å². The minimum Gasteiger partial charge on any atom is -0.334 e. The summed E-state index contributed by atoms with van der Waals surface area (Å²) in [5.74, 6) is -0.371. The average Bonchev–Trinajstić information content (AvgIpc) is 2.82. The molecule has 7 heteroatoms. The normalized spacial score (nSPS) is 23.2. The van der Waals surface area contributed by atoms with E-state index >= 15 is 0 Å². The van der Waals surface area contributed by atoms with E-state index in [0.717, 1.165) is 11.3 Å². The Labute approximate surface area is 133 Å². The fourth-order valence-electron chi connectivity index (χ4n) is 3.10. The van der Waals surface area contributed by atoms with E-state index < -0.39 is 0 Å². The molecule has 0 unspecified atom stereocenters. The lowest BCUT2D eigenvalue weighted by atomic mass is 10.2. The lowest BCUT2D eigenvalue weighted by molar-refractivity contribution is -0.918. The number of nitrogens with zero attached hydrogens (tertiary/aromatic N) is 2. The number of imide groups is 1. The minimum atomic E-state index is -0.361. The summed E-state index contributed by atoms with van der Waals surface area (Å²) in [6.07, 6.45) is 1.04. The van der Waals surface area contributed by atoms with Gasteiger partial charge in [-0.1, -0.05) is 17.7 Å². The molecule has 2 aliphatic rings. The van der Waals surface area contributed by atoms with E-state index in [0.29, 0.717) is 36.9 Å². The number of rotatable bonds is 3. The van der Waals surface area contributed by atoms with Gasteiger partial charge in [0.15, 0.2) is 6.04 Å². The summed E-state index contributed by atoms with van der Waals surface area (Å²) in [5, 5.41) is 0.494. The highest BCUT2D eigenvalue weighted by Gasteiger charge is 2.46. The predicted octanol–water partition coefficient (Wildman–Crippen LogP) is -0.671. The van der Waals surface area contributed by atoms with Crippen LogP contribution in [0.3, 0.4) is 0 Å². The van der Waals surface area contributed by atoms with Gasteiger partial charge in [-0.15, -0.1) is 0 Å². The summed E-state index contributed by atoms with van der Waals surface area (Å²) >= 11 is 5.94. The van der Waals surface area contributed by atoms with Crippen molar-refractivity contribution < 1.29 is 19.3 Å². The van der Waals surface area contributed by atoms with Crippen molar-refractivity contribution in [3.63, 3.8) is 0 Å². The summed E-state index contributed by atoms with van der Waals surface area (Å²) in [7, 11) is 0. The fraction of sp³-hybridized carbons (Fsp3) is 0.400. The van der Waals surface area contributed by atoms with Crippen molar-refractivity contribution in [1.82, 2.24) is 4.90 Å². The van der Waals surface area contributed by atoms with Gasteiger partial charge in [0.2, 0.25) is 12.3 Å². The molecule has 6 nitrogen and oxygen atoms in total. The quantitative estimate of drug-likeness (QED) is 0.593. The van der Waals surface area contributed by atoms with E-state index in [9.17, 15) is 14.4 Å². The number of quaternary nitrogens is 1. The van der Waals surface area contributed by atoms with Crippen LogP contribution in [0.1, 0.15) is 6.42 Å². The molecule has 1 aromatic carbocycles. The van der Waals surface area contributed by atoms with E-state index in [-0.39, 0.29) is 24.3 Å². The first-order valence-electron chi connectivity index (χ1n) is 7.26. The van der Waals surface area contributed by atoms with Crippen LogP contribution in [0.5, 0.6) is 0 Å². The third-order valence-corrected chi connectivity index (χ3v) is 4.53. The van der Waals surface area contributed by atoms with Crippen LogP contribution < -0.4 is 9.80 Å². The highest BCUT2D eigenvalue weighted by Crippen LogP contribution is 2.24. The number of benzene rings is 1. The molecule has 3 amide bonds. The highest BCUT2D eigenvalue weighted by atomic mass is 35.5. The Hall–Kier alpha value is -1.92. The van der Waals surface area contributed by atoms with Crippen LogP contribution in [0.4, 0.5) is 5.69 Å². The van der Waals surface area contributed by atoms with Crippen LogP contribution in [0.15, 0.2) is 24.3 Å². The first-order chi connectivity index (χ1) is 10.6. The SMILES string of the molecule is O=CN1CC[NH+]([C@H]2CC(=O)N(c3cccc(Cl)c3)C2=O)CC1. The van der Waals surface area contributed by atoms with Crippen LogP contribution in [0.2, 0.25) is 5.02 Å². The second kappa shape index (κ2) is 6.06. The zero-order chi connectivity index (χ0) is 15.7. The Morgan fingerprint density at radius 2 is 1.95 bits per heavy atom. The zero-order valence-electron chi connectivity index (χ0n) is 12.0. The molecule has 0 radical (unpaired) electrons. The maximum Gasteiger partial charge on any atom is 0.292 e. The number of anilines is 1. The third kappa shape index (κ3) is 2.71. The van der Waals surface area contributed by atoms with Crippen molar-refractivity contribution in [2.24, 2.45) is 0 Å². The van der Waals surface area contributed by atoms with Crippen LogP contribution in [-0.4, -0.2) is 55.3 Å². The summed E-state index contributed by atoms with van der Waals surface area (Å²) in [5.41, 5.74) is 0.524. The molecule has 0 bridgehead atoms. The maximum absolute atomic E-state index is 12.6. The second-order valence-corrected chi connectivity index (χ2v) is 6.04. The monoisotopic (exact) mass is 322 g/mol. The van der Waals surface area contributed by atoms with E-state index in [1.165, 1.54) is 4.90 Å². The predicted molar refractivity (Wildman–Crippen MR) is 80.7 cm³/mol. The van der Waals surface area contributed by atoms with E-state index in [1.54, 1.807) is 29.2 Å². The number of hydrogen-bond donors (Lipinski definition) is 1. The molecule has 1 N–H and O–H groups in total. The number of halogens is 1. The molecule has 0 saturated carbocycles. The molecular weight excluding hydrogens is 306 g/mol. The standard InChI is InChI=1S/C15H16ClN3O3/c16-11-2-1-3-12(8-11)19-14(21)9-13(15(19)22)18-6-4-17(10-20)5-7-18/h1-3,8,10,13H,4-7,9H2/p+1/t13-/m0/s1. The number of nitrogens with one attached hydrogen (secondary N) is 1. The first-order valence-corrected chi connectivity index (χ1v) is 7.64. The van der Waals surface area contributed by atoms with Crippen molar-refractivity contribution in [3.05, 3.63) is 29.3 Å². The molecule has 0 aromatic heterocycles. The van der Waals surface area contributed by atoms with E-state index in [2.05, 4.69) is 0 Å². The van der Waals surface area contributed by atoms with Gasteiger partial charge in [0.05, 0.1) is 38.3 Å². The minimum absolute atomic E-state index is 0.179. The number of carbonyl (C=O) groups is 3. The Balaban J connectivity index is 1.76. The van der Waals surface area contributed by atoms with Gasteiger partial charge in [-0.05, 0) is 18.2 Å². The van der Waals surface area contributed by atoms with Gasteiger partial charge >= 0.3 is 0 Å². The van der Waals surface area contributed by atoms with Crippen molar-refractivity contribution in [2.75, 3.05) is 31.1 Å². The smallest absolute Gasteiger partial charge is 0.292 e. The Bertz CT molecular complexity index is 614. The molecule has 0 aliphatic carbocycles. The molecule has 116 valence electrons. The Kier molecular flexibility index (Phi) is 4.13. The Morgan fingerprint density at radius 1 is 1.23 bits per heavy atom. The van der Waals surface area contributed by atoms with Crippen molar-refractivity contribution in [1.29, 1.82) is 0 Å². The fourth-order valence-corrected chi connectivity index (χ4v) is 3.29. The van der Waals surface area contributed by atoms with Gasteiger partial charge in [0.1, 0.15) is 0 Å². The van der Waals surface area contributed by atoms with Crippen molar-refractivity contribution in [3.8, 4) is 0 Å². The topological polar surface area (TPSA) is 62.1 Å². The van der Waals surface area contributed by atoms with Gasteiger partial charge in [-0.2, -0.15) is 0 Å². The van der Waals surface area contributed by atoms with Crippen LogP contribution in [-0.2, 0) is 14.4 Å². The Morgan fingerprint density at radius 3 is 2.59 bits per heavy atom. The molecule has 2 saturated heterocycles. The van der Waals surface area contributed by atoms with Gasteiger partial charge in [0, 0.05) is 5.02 Å². The molecule has 1 aromatic rings. The largest absolute Gasteiger partial charge is 0.334 e. The number of hydrogen-bond acceptors (Lipinski definition) is 3. The summed E-state index contributed by atoms with van der Waals surface area (Å²) in [6, 6.07) is 6.40. The van der Waals surface area contributed by atoms with Crippen LogP contribution >= 0.6 is 11.6 Å². The molecule has 2 aliphatic heterocycles. The summed E-state index contributed by atoms with van der Waals surface area (Å²) in [4.78, 5) is 39.6. The van der Waals surface area contributed by atoms with Gasteiger partial charge < -0.3 is 9.80 Å². The third-order valence-electron chi connectivity index (χ3n) is 4.30. The number of carbonyl (C=O) groups excluding carboxylic acids is 3. The first kappa shape index (κ1) is 15.0. The van der Waals surface area contributed by atoms with Crippen LogP contribution in [0.25, 0.3) is 0 Å². The van der Waals surface area contributed by atoms with Crippen molar-refractivity contribution in [2.45, 2.75) is 12.5 Å². The maximum atomic E-state index is 12.6. The lowest BCUT2D eigenvalue weighted by Gasteiger charge is -2.32. The van der Waals surface area contributed by atoms with Gasteiger partial charge in [0.25, 0.3) is 5.91 Å². The summed E-state index contributed by atoms with van der Waals surface area (Å²) < 4.78 is 0. The number of amides is 3. The molecule has 3 rings (SSSR count). The van der Waals surface area contributed by atoms with E-state index in [1.807, 2.05) is 0 Å². The van der Waals surface area contributed by atoms with Crippen LogP contribution in [0, 0.1) is 0 Å². The average molecular weight is 323 g/mol. The molecule has 2 heterocycles. The summed E-state index contributed by atoms with van der Waals surface area (Å²) in [6.45, 7) is 2.61. The van der Waals surface area contributed by atoms with Gasteiger partial charge in [-0.25, -0.2) is 4.90 Å². The van der Waals surface area contributed by atoms with Gasteiger partial charge in [-0.3, -0.25) is 14.4 Å².